The third-order valence-electron chi connectivity index (χ3n) is 4.24. The molecule has 2 aliphatic heterocycles. The molecule has 3 heterocycles. The van der Waals surface area contributed by atoms with Crippen molar-refractivity contribution in [3.8, 4) is 11.8 Å². The zero-order chi connectivity index (χ0) is 14.8. The number of hydrogen-bond donors (Lipinski definition) is 2. The number of piperidine rings is 1. The summed E-state index contributed by atoms with van der Waals surface area (Å²) in [6.07, 6.45) is 3.61. The van der Waals surface area contributed by atoms with Gasteiger partial charge in [0.05, 0.1) is 23.2 Å². The highest BCUT2D eigenvalue weighted by molar-refractivity contribution is 7.10. The van der Waals surface area contributed by atoms with Crippen molar-refractivity contribution >= 4 is 17.2 Å². The zero-order valence-corrected chi connectivity index (χ0v) is 12.6. The van der Waals surface area contributed by atoms with Gasteiger partial charge in [-0.05, 0) is 31.7 Å². The molecule has 5 heteroatoms. The maximum absolute atomic E-state index is 12.7. The van der Waals surface area contributed by atoms with Gasteiger partial charge in [-0.3, -0.25) is 4.79 Å². The van der Waals surface area contributed by atoms with Crippen LogP contribution in [0.25, 0.3) is 0 Å². The first kappa shape index (κ1) is 14.6. The highest BCUT2D eigenvalue weighted by Crippen LogP contribution is 2.37. The van der Waals surface area contributed by atoms with Crippen LogP contribution in [0.15, 0.2) is 11.4 Å². The van der Waals surface area contributed by atoms with Crippen LogP contribution in [0.2, 0.25) is 0 Å². The van der Waals surface area contributed by atoms with E-state index in [1.807, 2.05) is 16.3 Å². The summed E-state index contributed by atoms with van der Waals surface area (Å²) >= 11 is 1.46. The summed E-state index contributed by atoms with van der Waals surface area (Å²) in [6.45, 7) is 0.0592. The van der Waals surface area contributed by atoms with Crippen molar-refractivity contribution in [3.05, 3.63) is 21.9 Å². The van der Waals surface area contributed by atoms with E-state index in [-0.39, 0.29) is 30.7 Å². The quantitative estimate of drug-likeness (QED) is 0.816. The van der Waals surface area contributed by atoms with Gasteiger partial charge in [-0.15, -0.1) is 11.3 Å². The molecule has 2 aliphatic rings. The van der Waals surface area contributed by atoms with Gasteiger partial charge >= 0.3 is 0 Å². The number of nitrogens with zero attached hydrogens (tertiary/aromatic N) is 1. The molecule has 112 valence electrons. The molecule has 2 N–H and O–H groups in total. The molecule has 1 aromatic heterocycles. The summed E-state index contributed by atoms with van der Waals surface area (Å²) in [5.74, 6) is 5.91. The number of rotatable bonds is 2. The lowest BCUT2D eigenvalue weighted by atomic mass is 9.99. The lowest BCUT2D eigenvalue weighted by Gasteiger charge is -2.37. The first-order chi connectivity index (χ1) is 10.2. The number of hydrogen-bond acceptors (Lipinski definition) is 4. The SMILES string of the molecule is O=C(c1csc(C#CCCO)c1)N1C2CCC1CC(O)C2. The Balaban J connectivity index is 1.73. The number of aliphatic hydroxyl groups excluding tert-OH is 2. The van der Waals surface area contributed by atoms with Crippen LogP contribution in [0.3, 0.4) is 0 Å². The molecule has 1 aromatic rings. The predicted molar refractivity (Wildman–Crippen MR) is 81.1 cm³/mol. The molecule has 2 unspecified atom stereocenters. The first-order valence-corrected chi connectivity index (χ1v) is 8.26. The third-order valence-corrected chi connectivity index (χ3v) is 5.08. The van der Waals surface area contributed by atoms with Gasteiger partial charge in [0.2, 0.25) is 0 Å². The van der Waals surface area contributed by atoms with E-state index >= 15 is 0 Å². The molecule has 2 fully saturated rings. The number of fused-ring (bicyclic) bond motifs is 2. The Bertz CT molecular complexity index is 572. The van der Waals surface area contributed by atoms with Gasteiger partial charge in [0.25, 0.3) is 5.91 Å². The summed E-state index contributed by atoms with van der Waals surface area (Å²) in [6, 6.07) is 2.21. The molecule has 0 spiro atoms. The van der Waals surface area contributed by atoms with E-state index in [2.05, 4.69) is 11.8 Å². The maximum atomic E-state index is 12.7. The topological polar surface area (TPSA) is 60.8 Å². The minimum Gasteiger partial charge on any atom is -0.395 e. The summed E-state index contributed by atoms with van der Waals surface area (Å²) in [4.78, 5) is 15.5. The summed E-state index contributed by atoms with van der Waals surface area (Å²) in [7, 11) is 0. The van der Waals surface area contributed by atoms with Crippen molar-refractivity contribution in [1.82, 2.24) is 4.90 Å². The fourth-order valence-corrected chi connectivity index (χ4v) is 4.10. The Morgan fingerprint density at radius 2 is 2.10 bits per heavy atom. The molecule has 3 rings (SSSR count). The average molecular weight is 305 g/mol. The van der Waals surface area contributed by atoms with Crippen LogP contribution in [-0.2, 0) is 0 Å². The fourth-order valence-electron chi connectivity index (χ4n) is 3.35. The van der Waals surface area contributed by atoms with Gasteiger partial charge in [0.1, 0.15) is 0 Å². The summed E-state index contributed by atoms with van der Waals surface area (Å²) in [5, 5.41) is 20.4. The van der Waals surface area contributed by atoms with Crippen LogP contribution in [-0.4, -0.2) is 45.8 Å². The Labute approximate surface area is 128 Å². The Kier molecular flexibility index (Phi) is 4.29. The van der Waals surface area contributed by atoms with E-state index in [1.165, 1.54) is 11.3 Å². The standard InChI is InChI=1S/C16H19NO3S/c18-6-2-1-3-15-7-11(10-21-15)16(20)17-12-4-5-13(17)9-14(19)8-12/h7,10,12-14,18-19H,2,4-6,8-9H2. The zero-order valence-electron chi connectivity index (χ0n) is 11.8. The molecule has 0 saturated carbocycles. The molecule has 1 amide bonds. The Morgan fingerprint density at radius 3 is 2.76 bits per heavy atom. The maximum Gasteiger partial charge on any atom is 0.255 e. The van der Waals surface area contributed by atoms with E-state index in [9.17, 15) is 9.90 Å². The lowest BCUT2D eigenvalue weighted by molar-refractivity contribution is 0.0287. The van der Waals surface area contributed by atoms with Crippen LogP contribution in [0.4, 0.5) is 0 Å². The van der Waals surface area contributed by atoms with Crippen LogP contribution in [0.5, 0.6) is 0 Å². The molecule has 0 radical (unpaired) electrons. The third kappa shape index (κ3) is 2.98. The Hall–Kier alpha value is -1.35. The molecular weight excluding hydrogens is 286 g/mol. The van der Waals surface area contributed by atoms with Crippen LogP contribution < -0.4 is 0 Å². The van der Waals surface area contributed by atoms with Crippen molar-refractivity contribution in [1.29, 1.82) is 0 Å². The second-order valence-electron chi connectivity index (χ2n) is 5.70. The number of amides is 1. The van der Waals surface area contributed by atoms with Gasteiger partial charge in [0.15, 0.2) is 0 Å². The molecule has 2 atom stereocenters. The second-order valence-corrected chi connectivity index (χ2v) is 6.61. The van der Waals surface area contributed by atoms with Crippen molar-refractivity contribution in [3.63, 3.8) is 0 Å². The van der Waals surface area contributed by atoms with E-state index in [0.29, 0.717) is 24.8 Å². The van der Waals surface area contributed by atoms with Crippen LogP contribution in [0, 0.1) is 11.8 Å². The highest BCUT2D eigenvalue weighted by atomic mass is 32.1. The molecule has 2 saturated heterocycles. The summed E-state index contributed by atoms with van der Waals surface area (Å²) < 4.78 is 0. The lowest BCUT2D eigenvalue weighted by Crippen LogP contribution is -2.47. The van der Waals surface area contributed by atoms with Crippen LogP contribution in [0.1, 0.15) is 47.3 Å². The normalized spacial score (nSPS) is 27.3. The van der Waals surface area contributed by atoms with E-state index in [4.69, 9.17) is 5.11 Å². The van der Waals surface area contributed by atoms with Crippen molar-refractivity contribution in [2.45, 2.75) is 50.3 Å². The second kappa shape index (κ2) is 6.18. The minimum atomic E-state index is -0.256. The molecular formula is C16H19NO3S. The van der Waals surface area contributed by atoms with E-state index in [1.54, 1.807) is 0 Å². The van der Waals surface area contributed by atoms with Gasteiger partial charge in [-0.1, -0.05) is 11.8 Å². The van der Waals surface area contributed by atoms with Crippen molar-refractivity contribution < 1.29 is 15.0 Å². The number of thiophene rings is 1. The average Bonchev–Trinajstić information content (AvgIpc) is 3.02. The monoisotopic (exact) mass is 305 g/mol. The number of carbonyl (C=O) groups excluding carboxylic acids is 1. The van der Waals surface area contributed by atoms with Gasteiger partial charge in [0, 0.05) is 23.9 Å². The van der Waals surface area contributed by atoms with E-state index in [0.717, 1.165) is 17.7 Å². The largest absolute Gasteiger partial charge is 0.395 e. The smallest absolute Gasteiger partial charge is 0.255 e. The minimum absolute atomic E-state index is 0.0592. The predicted octanol–water partition coefficient (Wildman–Crippen LogP) is 1.61. The number of aliphatic hydroxyl groups is 2. The molecule has 2 bridgehead atoms. The molecule has 21 heavy (non-hydrogen) atoms. The Morgan fingerprint density at radius 1 is 1.38 bits per heavy atom. The van der Waals surface area contributed by atoms with E-state index < -0.39 is 0 Å². The molecule has 0 aromatic carbocycles. The van der Waals surface area contributed by atoms with Crippen molar-refractivity contribution in [2.24, 2.45) is 0 Å². The molecule has 0 aliphatic carbocycles. The summed E-state index contributed by atoms with van der Waals surface area (Å²) in [5.41, 5.74) is 0.696. The van der Waals surface area contributed by atoms with Crippen molar-refractivity contribution in [2.75, 3.05) is 6.61 Å². The van der Waals surface area contributed by atoms with Gasteiger partial charge < -0.3 is 15.1 Å². The fraction of sp³-hybridized carbons (Fsp3) is 0.562. The highest BCUT2D eigenvalue weighted by Gasteiger charge is 2.43. The number of carbonyl (C=O) groups is 1. The van der Waals surface area contributed by atoms with Crippen LogP contribution >= 0.6 is 11.3 Å². The molecule has 4 nitrogen and oxygen atoms in total. The van der Waals surface area contributed by atoms with Gasteiger partial charge in [-0.2, -0.15) is 0 Å². The van der Waals surface area contributed by atoms with Gasteiger partial charge in [-0.25, -0.2) is 0 Å². The first-order valence-electron chi connectivity index (χ1n) is 7.38.